The minimum Gasteiger partial charge on any atom is -0.337 e. The summed E-state index contributed by atoms with van der Waals surface area (Å²) in [6, 6.07) is 23.2. The summed E-state index contributed by atoms with van der Waals surface area (Å²) in [5.74, 6) is 0.748. The molecule has 2 amide bonds. The number of hydrogen-bond donors (Lipinski definition) is 2. The molecule has 0 heterocycles. The fourth-order valence-electron chi connectivity index (χ4n) is 4.25. The van der Waals surface area contributed by atoms with Crippen LogP contribution < -0.4 is 10.6 Å². The first-order valence-corrected chi connectivity index (χ1v) is 11.6. The van der Waals surface area contributed by atoms with Crippen LogP contribution >= 0.6 is 0 Å². The van der Waals surface area contributed by atoms with Crippen LogP contribution in [0.1, 0.15) is 78.8 Å². The molecule has 0 aromatic heterocycles. The van der Waals surface area contributed by atoms with E-state index in [1.165, 1.54) is 33.4 Å². The predicted molar refractivity (Wildman–Crippen MR) is 136 cm³/mol. The molecule has 0 aliphatic rings. The van der Waals surface area contributed by atoms with Crippen LogP contribution in [0.25, 0.3) is 0 Å². The molecule has 3 aromatic carbocycles. The smallest absolute Gasteiger partial charge is 0.319 e. The Balaban J connectivity index is 1.84. The number of rotatable bonds is 7. The average molecular weight is 429 g/mol. The zero-order chi connectivity index (χ0) is 23.3. The van der Waals surface area contributed by atoms with Gasteiger partial charge in [0.2, 0.25) is 0 Å². The maximum absolute atomic E-state index is 13.0. The van der Waals surface area contributed by atoms with E-state index >= 15 is 0 Å². The standard InChI is InChI=1S/C29H36N2O/c1-19(2)25-14-9-15-26(20(3)4)28(25)31-29(32)30-18-27(23-12-7-10-21(5)16-23)24-13-8-11-22(6)17-24/h7-17,19-20,27H,18H2,1-6H3,(H2,30,31,32). The lowest BCUT2D eigenvalue weighted by Gasteiger charge is -2.22. The summed E-state index contributed by atoms with van der Waals surface area (Å²) in [4.78, 5) is 13.0. The van der Waals surface area contributed by atoms with E-state index in [1.54, 1.807) is 0 Å². The summed E-state index contributed by atoms with van der Waals surface area (Å²) in [6.07, 6.45) is 0. The van der Waals surface area contributed by atoms with Crippen molar-refractivity contribution in [2.45, 2.75) is 59.3 Å². The van der Waals surface area contributed by atoms with Gasteiger partial charge in [-0.05, 0) is 47.9 Å². The SMILES string of the molecule is Cc1cccc(C(CNC(=O)Nc2c(C(C)C)cccc2C(C)C)c2cccc(C)c2)c1. The van der Waals surface area contributed by atoms with Crippen LogP contribution in [-0.2, 0) is 0 Å². The Hall–Kier alpha value is -3.07. The Bertz CT molecular complexity index is 997. The van der Waals surface area contributed by atoms with Gasteiger partial charge in [-0.25, -0.2) is 4.79 Å². The van der Waals surface area contributed by atoms with Gasteiger partial charge in [-0.1, -0.05) is 106 Å². The van der Waals surface area contributed by atoms with Gasteiger partial charge in [0.25, 0.3) is 0 Å². The normalized spacial score (nSPS) is 11.3. The molecule has 32 heavy (non-hydrogen) atoms. The molecule has 0 bridgehead atoms. The van der Waals surface area contributed by atoms with E-state index in [0.29, 0.717) is 18.4 Å². The number of para-hydroxylation sites is 1. The van der Waals surface area contributed by atoms with Gasteiger partial charge in [0, 0.05) is 18.2 Å². The van der Waals surface area contributed by atoms with Crippen molar-refractivity contribution in [2.75, 3.05) is 11.9 Å². The molecule has 3 heteroatoms. The topological polar surface area (TPSA) is 41.1 Å². The highest BCUT2D eigenvalue weighted by atomic mass is 16.2. The summed E-state index contributed by atoms with van der Waals surface area (Å²) < 4.78 is 0. The number of carbonyl (C=O) groups is 1. The number of carbonyl (C=O) groups excluding carboxylic acids is 1. The van der Waals surface area contributed by atoms with Crippen molar-refractivity contribution in [1.29, 1.82) is 0 Å². The molecule has 0 spiro atoms. The van der Waals surface area contributed by atoms with Gasteiger partial charge in [0.15, 0.2) is 0 Å². The fraction of sp³-hybridized carbons (Fsp3) is 0.345. The first-order valence-electron chi connectivity index (χ1n) is 11.6. The van der Waals surface area contributed by atoms with Crippen LogP contribution in [0.15, 0.2) is 66.7 Å². The first-order chi connectivity index (χ1) is 15.3. The molecule has 2 N–H and O–H groups in total. The van der Waals surface area contributed by atoms with Crippen molar-refractivity contribution in [3.63, 3.8) is 0 Å². The van der Waals surface area contributed by atoms with Gasteiger partial charge in [0.05, 0.1) is 0 Å². The van der Waals surface area contributed by atoms with Crippen LogP contribution in [0.3, 0.4) is 0 Å². The minimum atomic E-state index is -0.162. The molecule has 0 aliphatic carbocycles. The van der Waals surface area contributed by atoms with E-state index in [-0.39, 0.29) is 11.9 Å². The van der Waals surface area contributed by atoms with Gasteiger partial charge < -0.3 is 10.6 Å². The zero-order valence-electron chi connectivity index (χ0n) is 20.2. The van der Waals surface area contributed by atoms with E-state index in [2.05, 4.69) is 119 Å². The van der Waals surface area contributed by atoms with Gasteiger partial charge in [0.1, 0.15) is 0 Å². The first kappa shape index (κ1) is 23.6. The number of amides is 2. The van der Waals surface area contributed by atoms with Crippen LogP contribution in [0.2, 0.25) is 0 Å². The maximum atomic E-state index is 13.0. The molecule has 0 atom stereocenters. The Labute approximate surface area is 193 Å². The molecule has 0 saturated carbocycles. The van der Waals surface area contributed by atoms with E-state index in [4.69, 9.17) is 0 Å². The summed E-state index contributed by atoms with van der Waals surface area (Å²) >= 11 is 0. The van der Waals surface area contributed by atoms with E-state index < -0.39 is 0 Å². The van der Waals surface area contributed by atoms with Gasteiger partial charge >= 0.3 is 6.03 Å². The fourth-order valence-corrected chi connectivity index (χ4v) is 4.25. The third-order valence-electron chi connectivity index (χ3n) is 5.97. The largest absolute Gasteiger partial charge is 0.337 e. The highest BCUT2D eigenvalue weighted by Gasteiger charge is 2.19. The third-order valence-corrected chi connectivity index (χ3v) is 5.97. The van der Waals surface area contributed by atoms with Gasteiger partial charge in [-0.15, -0.1) is 0 Å². The summed E-state index contributed by atoms with van der Waals surface area (Å²) in [5, 5.41) is 6.32. The molecule has 0 aliphatic heterocycles. The quantitative estimate of drug-likeness (QED) is 0.402. The number of aryl methyl sites for hydroxylation is 2. The zero-order valence-corrected chi connectivity index (χ0v) is 20.2. The molecule has 3 rings (SSSR count). The Morgan fingerprint density at radius 3 is 1.66 bits per heavy atom. The summed E-state index contributed by atoms with van der Waals surface area (Å²) in [7, 11) is 0. The third kappa shape index (κ3) is 5.79. The molecular formula is C29H36N2O. The number of anilines is 1. The van der Waals surface area contributed by atoms with Crippen molar-refractivity contribution < 1.29 is 4.79 Å². The van der Waals surface area contributed by atoms with Gasteiger partial charge in [-0.2, -0.15) is 0 Å². The van der Waals surface area contributed by atoms with Crippen molar-refractivity contribution in [1.82, 2.24) is 5.32 Å². The van der Waals surface area contributed by atoms with Crippen molar-refractivity contribution in [3.8, 4) is 0 Å². The van der Waals surface area contributed by atoms with E-state index in [0.717, 1.165) is 5.69 Å². The minimum absolute atomic E-state index is 0.0884. The lowest BCUT2D eigenvalue weighted by atomic mass is 9.89. The second-order valence-corrected chi connectivity index (χ2v) is 9.34. The molecule has 3 nitrogen and oxygen atoms in total. The van der Waals surface area contributed by atoms with Crippen molar-refractivity contribution in [2.24, 2.45) is 0 Å². The van der Waals surface area contributed by atoms with Gasteiger partial charge in [-0.3, -0.25) is 0 Å². The molecule has 168 valence electrons. The summed E-state index contributed by atoms with van der Waals surface area (Å²) in [6.45, 7) is 13.4. The predicted octanol–water partition coefficient (Wildman–Crippen LogP) is 7.50. The van der Waals surface area contributed by atoms with Crippen LogP contribution in [-0.4, -0.2) is 12.6 Å². The lowest BCUT2D eigenvalue weighted by molar-refractivity contribution is 0.251. The molecule has 0 radical (unpaired) electrons. The Morgan fingerprint density at radius 1 is 0.750 bits per heavy atom. The highest BCUT2D eigenvalue weighted by Crippen LogP contribution is 2.32. The van der Waals surface area contributed by atoms with Crippen molar-refractivity contribution >= 4 is 11.7 Å². The number of urea groups is 1. The van der Waals surface area contributed by atoms with E-state index in [1.807, 2.05) is 0 Å². The second-order valence-electron chi connectivity index (χ2n) is 9.34. The number of benzene rings is 3. The van der Waals surface area contributed by atoms with Crippen LogP contribution in [0.4, 0.5) is 10.5 Å². The summed E-state index contributed by atoms with van der Waals surface area (Å²) in [5.41, 5.74) is 8.13. The molecule has 0 fully saturated rings. The molecular weight excluding hydrogens is 392 g/mol. The molecule has 3 aromatic rings. The lowest BCUT2D eigenvalue weighted by Crippen LogP contribution is -2.33. The highest BCUT2D eigenvalue weighted by molar-refractivity contribution is 5.91. The number of hydrogen-bond acceptors (Lipinski definition) is 1. The van der Waals surface area contributed by atoms with Crippen molar-refractivity contribution in [3.05, 3.63) is 100 Å². The van der Waals surface area contributed by atoms with Crippen LogP contribution in [0.5, 0.6) is 0 Å². The van der Waals surface area contributed by atoms with Crippen LogP contribution in [0, 0.1) is 13.8 Å². The Morgan fingerprint density at radius 2 is 1.22 bits per heavy atom. The Kier molecular flexibility index (Phi) is 7.74. The number of nitrogens with one attached hydrogen (secondary N) is 2. The monoisotopic (exact) mass is 428 g/mol. The maximum Gasteiger partial charge on any atom is 0.319 e. The van der Waals surface area contributed by atoms with E-state index in [9.17, 15) is 4.79 Å². The second kappa shape index (κ2) is 10.5. The average Bonchev–Trinajstić information content (AvgIpc) is 2.74. The molecule has 0 unspecified atom stereocenters. The molecule has 0 saturated heterocycles.